The number of nitrogens with zero attached hydrogens (tertiary/aromatic N) is 1. The third kappa shape index (κ3) is 4.36. The predicted octanol–water partition coefficient (Wildman–Crippen LogP) is 0.160. The minimum atomic E-state index is -1.55. The van der Waals surface area contributed by atoms with Crippen molar-refractivity contribution in [1.29, 1.82) is 0 Å². The molecule has 1 amide bonds. The summed E-state index contributed by atoms with van der Waals surface area (Å²) in [6, 6.07) is 5.14. The molecule has 3 N–H and O–H groups in total. The van der Waals surface area contributed by atoms with Gasteiger partial charge in [-0.05, 0) is 6.07 Å². The monoisotopic (exact) mass is 268 g/mol. The van der Waals surface area contributed by atoms with Crippen molar-refractivity contribution in [3.8, 4) is 0 Å². The van der Waals surface area contributed by atoms with Gasteiger partial charge in [0.2, 0.25) is 0 Å². The number of carbonyl (C=O) groups excluding carboxylic acids is 1. The number of carbonyl (C=O) groups is 2. The number of nitrogens with one attached hydrogen (secondary N) is 1. The van der Waals surface area contributed by atoms with Crippen molar-refractivity contribution in [1.82, 2.24) is 5.32 Å². The molecule has 102 valence electrons. The zero-order valence-electron chi connectivity index (χ0n) is 9.78. The lowest BCUT2D eigenvalue weighted by Crippen LogP contribution is -2.30. The van der Waals surface area contributed by atoms with E-state index in [1.54, 1.807) is 0 Å². The van der Waals surface area contributed by atoms with Crippen LogP contribution in [0.15, 0.2) is 24.3 Å². The van der Waals surface area contributed by atoms with Gasteiger partial charge in [-0.3, -0.25) is 14.9 Å². The van der Waals surface area contributed by atoms with E-state index in [2.05, 4.69) is 5.32 Å². The van der Waals surface area contributed by atoms with Gasteiger partial charge in [-0.15, -0.1) is 0 Å². The molecular weight excluding hydrogens is 256 g/mol. The van der Waals surface area contributed by atoms with Gasteiger partial charge in [0.15, 0.2) is 6.10 Å². The molecule has 1 aromatic carbocycles. The van der Waals surface area contributed by atoms with E-state index < -0.39 is 22.9 Å². The number of benzene rings is 1. The minimum Gasteiger partial charge on any atom is -0.479 e. The average Bonchev–Trinajstić information content (AvgIpc) is 2.38. The Morgan fingerprint density at radius 2 is 2.11 bits per heavy atom. The van der Waals surface area contributed by atoms with Crippen molar-refractivity contribution >= 4 is 17.6 Å². The highest BCUT2D eigenvalue weighted by Crippen LogP contribution is 2.12. The van der Waals surface area contributed by atoms with Gasteiger partial charge in [0, 0.05) is 30.7 Å². The van der Waals surface area contributed by atoms with Crippen LogP contribution in [0.25, 0.3) is 0 Å². The van der Waals surface area contributed by atoms with Crippen LogP contribution in [0.3, 0.4) is 0 Å². The summed E-state index contributed by atoms with van der Waals surface area (Å²) in [4.78, 5) is 31.8. The van der Waals surface area contributed by atoms with Crippen LogP contribution in [-0.4, -0.2) is 39.7 Å². The minimum absolute atomic E-state index is 0.0466. The second kappa shape index (κ2) is 6.45. The summed E-state index contributed by atoms with van der Waals surface area (Å²) >= 11 is 0. The highest BCUT2D eigenvalue weighted by molar-refractivity contribution is 5.94. The smallest absolute Gasteiger partial charge is 0.332 e. The van der Waals surface area contributed by atoms with Gasteiger partial charge in [0.1, 0.15) is 0 Å². The summed E-state index contributed by atoms with van der Waals surface area (Å²) in [5, 5.41) is 30.3. The molecule has 1 rings (SSSR count). The Labute approximate surface area is 107 Å². The fraction of sp³-hybridized carbons (Fsp3) is 0.273. The van der Waals surface area contributed by atoms with Crippen molar-refractivity contribution < 1.29 is 24.7 Å². The molecule has 0 aliphatic rings. The zero-order chi connectivity index (χ0) is 14.4. The lowest BCUT2D eigenvalue weighted by atomic mass is 10.2. The number of non-ortho nitro benzene ring substituents is 1. The number of nitro groups is 1. The Balaban J connectivity index is 2.56. The number of amides is 1. The second-order valence-electron chi connectivity index (χ2n) is 3.71. The van der Waals surface area contributed by atoms with E-state index in [0.29, 0.717) is 0 Å². The number of hydrogen-bond donors (Lipinski definition) is 3. The molecule has 0 saturated heterocycles. The SMILES string of the molecule is O=C(NCC[C@H](O)C(=O)O)c1cccc([N+](=O)[O-])c1. The van der Waals surface area contributed by atoms with Crippen molar-refractivity contribution in [2.75, 3.05) is 6.54 Å². The number of nitro benzene ring substituents is 1. The predicted molar refractivity (Wildman–Crippen MR) is 63.7 cm³/mol. The van der Waals surface area contributed by atoms with Crippen LogP contribution in [0.5, 0.6) is 0 Å². The quantitative estimate of drug-likeness (QED) is 0.497. The lowest BCUT2D eigenvalue weighted by Gasteiger charge is -2.07. The third-order valence-corrected chi connectivity index (χ3v) is 2.31. The molecule has 0 aliphatic heterocycles. The highest BCUT2D eigenvalue weighted by Gasteiger charge is 2.14. The molecule has 0 aliphatic carbocycles. The first-order chi connectivity index (χ1) is 8.91. The Hall–Kier alpha value is -2.48. The topological polar surface area (TPSA) is 130 Å². The fourth-order valence-corrected chi connectivity index (χ4v) is 1.31. The van der Waals surface area contributed by atoms with Crippen LogP contribution < -0.4 is 5.32 Å². The molecule has 1 aromatic rings. The Bertz CT molecular complexity index is 502. The number of carboxylic acids is 1. The second-order valence-corrected chi connectivity index (χ2v) is 3.71. The number of hydrogen-bond acceptors (Lipinski definition) is 5. The van der Waals surface area contributed by atoms with Gasteiger partial charge in [0.05, 0.1) is 4.92 Å². The molecule has 0 heterocycles. The summed E-state index contributed by atoms with van der Waals surface area (Å²) in [5.74, 6) is -1.94. The summed E-state index contributed by atoms with van der Waals surface area (Å²) in [6.45, 7) is -0.0466. The molecule has 0 fully saturated rings. The van der Waals surface area contributed by atoms with E-state index in [9.17, 15) is 19.7 Å². The molecule has 0 saturated carbocycles. The Kier molecular flexibility index (Phi) is 4.95. The number of rotatable bonds is 6. The van der Waals surface area contributed by atoms with E-state index in [0.717, 1.165) is 6.07 Å². The van der Waals surface area contributed by atoms with E-state index >= 15 is 0 Å². The third-order valence-electron chi connectivity index (χ3n) is 2.31. The van der Waals surface area contributed by atoms with Crippen LogP contribution in [0, 0.1) is 10.1 Å². The normalized spacial score (nSPS) is 11.6. The largest absolute Gasteiger partial charge is 0.479 e. The highest BCUT2D eigenvalue weighted by atomic mass is 16.6. The molecule has 0 aromatic heterocycles. The molecule has 19 heavy (non-hydrogen) atoms. The number of aliphatic carboxylic acids is 1. The van der Waals surface area contributed by atoms with Crippen molar-refractivity contribution in [3.05, 3.63) is 39.9 Å². The lowest BCUT2D eigenvalue weighted by molar-refractivity contribution is -0.384. The first-order valence-electron chi connectivity index (χ1n) is 5.35. The molecule has 0 radical (unpaired) electrons. The maximum absolute atomic E-state index is 11.6. The van der Waals surface area contributed by atoms with Crippen molar-refractivity contribution in [3.63, 3.8) is 0 Å². The fourth-order valence-electron chi connectivity index (χ4n) is 1.31. The van der Waals surface area contributed by atoms with Gasteiger partial charge in [0.25, 0.3) is 11.6 Å². The van der Waals surface area contributed by atoms with Crippen LogP contribution in [0.1, 0.15) is 16.8 Å². The summed E-state index contributed by atoms with van der Waals surface area (Å²) in [6.07, 6.45) is -1.69. The summed E-state index contributed by atoms with van der Waals surface area (Å²) < 4.78 is 0. The van der Waals surface area contributed by atoms with Gasteiger partial charge in [-0.1, -0.05) is 6.07 Å². The van der Waals surface area contributed by atoms with Crippen LogP contribution in [0.4, 0.5) is 5.69 Å². The van der Waals surface area contributed by atoms with Gasteiger partial charge >= 0.3 is 5.97 Å². The molecule has 1 atom stereocenters. The Morgan fingerprint density at radius 1 is 1.42 bits per heavy atom. The Morgan fingerprint density at radius 3 is 2.68 bits per heavy atom. The molecule has 8 nitrogen and oxygen atoms in total. The number of aliphatic hydroxyl groups is 1. The van der Waals surface area contributed by atoms with Gasteiger partial charge < -0.3 is 15.5 Å². The summed E-state index contributed by atoms with van der Waals surface area (Å²) in [7, 11) is 0. The van der Waals surface area contributed by atoms with Crippen LogP contribution in [-0.2, 0) is 4.79 Å². The molecular formula is C11H12N2O6. The average molecular weight is 268 g/mol. The zero-order valence-corrected chi connectivity index (χ0v) is 9.78. The van der Waals surface area contributed by atoms with E-state index in [4.69, 9.17) is 10.2 Å². The van der Waals surface area contributed by atoms with Crippen LogP contribution >= 0.6 is 0 Å². The molecule has 0 bridgehead atoms. The summed E-state index contributed by atoms with van der Waals surface area (Å²) in [5.41, 5.74) is -0.114. The number of aliphatic hydroxyl groups excluding tert-OH is 1. The van der Waals surface area contributed by atoms with Crippen molar-refractivity contribution in [2.45, 2.75) is 12.5 Å². The van der Waals surface area contributed by atoms with Crippen molar-refractivity contribution in [2.24, 2.45) is 0 Å². The van der Waals surface area contributed by atoms with E-state index in [-0.39, 0.29) is 24.2 Å². The number of carboxylic acid groups (broad SMARTS) is 1. The van der Waals surface area contributed by atoms with E-state index in [1.165, 1.54) is 18.2 Å². The maximum atomic E-state index is 11.6. The van der Waals surface area contributed by atoms with E-state index in [1.807, 2.05) is 0 Å². The van der Waals surface area contributed by atoms with Gasteiger partial charge in [-0.2, -0.15) is 0 Å². The first-order valence-corrected chi connectivity index (χ1v) is 5.35. The standard InChI is InChI=1S/C11H12N2O6/c14-9(11(16)17)4-5-12-10(15)7-2-1-3-8(6-7)13(18)19/h1-3,6,9,14H,4-5H2,(H,12,15)(H,16,17)/t9-/m0/s1. The molecule has 0 unspecified atom stereocenters. The van der Waals surface area contributed by atoms with Gasteiger partial charge in [-0.25, -0.2) is 4.79 Å². The first kappa shape index (κ1) is 14.6. The maximum Gasteiger partial charge on any atom is 0.332 e. The molecule has 8 heteroatoms. The van der Waals surface area contributed by atoms with Crippen LogP contribution in [0.2, 0.25) is 0 Å². The molecule has 0 spiro atoms.